The lowest BCUT2D eigenvalue weighted by atomic mass is 9.83. The van der Waals surface area contributed by atoms with Crippen LogP contribution in [0, 0.1) is 5.92 Å². The SMILES string of the molecule is CCCC1CCC(N(CC(=O)O)c2ccc(Cl)cc2)CC1. The highest BCUT2D eigenvalue weighted by Gasteiger charge is 2.27. The van der Waals surface area contributed by atoms with Crippen LogP contribution in [0.3, 0.4) is 0 Å². The fraction of sp³-hybridized carbons (Fsp3) is 0.588. The molecule has 3 nitrogen and oxygen atoms in total. The second-order valence-corrected chi connectivity index (χ2v) is 6.40. The van der Waals surface area contributed by atoms with Gasteiger partial charge in [-0.15, -0.1) is 0 Å². The predicted octanol–water partition coefficient (Wildman–Crippen LogP) is 4.59. The Hall–Kier alpha value is -1.22. The normalized spacial score (nSPS) is 22.0. The molecule has 1 fully saturated rings. The van der Waals surface area contributed by atoms with Crippen LogP contribution in [-0.4, -0.2) is 23.7 Å². The molecule has 0 amide bonds. The summed E-state index contributed by atoms with van der Waals surface area (Å²) in [7, 11) is 0. The molecule has 4 heteroatoms. The summed E-state index contributed by atoms with van der Waals surface area (Å²) in [6.45, 7) is 2.29. The Kier molecular flexibility index (Phi) is 5.92. The summed E-state index contributed by atoms with van der Waals surface area (Å²) in [5, 5.41) is 9.88. The number of hydrogen-bond acceptors (Lipinski definition) is 2. The molecule has 0 unspecified atom stereocenters. The van der Waals surface area contributed by atoms with Crippen LogP contribution < -0.4 is 4.90 Å². The maximum Gasteiger partial charge on any atom is 0.323 e. The van der Waals surface area contributed by atoms with E-state index < -0.39 is 5.97 Å². The van der Waals surface area contributed by atoms with Gasteiger partial charge in [0.05, 0.1) is 0 Å². The van der Waals surface area contributed by atoms with Gasteiger partial charge in [0, 0.05) is 16.8 Å². The molecule has 0 saturated heterocycles. The molecule has 1 N–H and O–H groups in total. The monoisotopic (exact) mass is 309 g/mol. The van der Waals surface area contributed by atoms with Crippen molar-refractivity contribution in [1.82, 2.24) is 0 Å². The van der Waals surface area contributed by atoms with E-state index in [9.17, 15) is 9.90 Å². The van der Waals surface area contributed by atoms with E-state index in [-0.39, 0.29) is 6.54 Å². The van der Waals surface area contributed by atoms with Crippen LogP contribution in [0.2, 0.25) is 5.02 Å². The molecule has 1 saturated carbocycles. The molecule has 0 aromatic heterocycles. The summed E-state index contributed by atoms with van der Waals surface area (Å²) in [5.74, 6) is 0.0452. The topological polar surface area (TPSA) is 40.5 Å². The third-order valence-corrected chi connectivity index (χ3v) is 4.67. The lowest BCUT2D eigenvalue weighted by molar-refractivity contribution is -0.135. The molecule has 0 bridgehead atoms. The molecule has 1 aliphatic carbocycles. The van der Waals surface area contributed by atoms with Crippen LogP contribution in [0.5, 0.6) is 0 Å². The molecule has 1 aromatic rings. The van der Waals surface area contributed by atoms with E-state index in [1.165, 1.54) is 25.7 Å². The zero-order chi connectivity index (χ0) is 15.2. The van der Waals surface area contributed by atoms with Gasteiger partial charge in [-0.1, -0.05) is 31.4 Å². The van der Waals surface area contributed by atoms with Crippen molar-refractivity contribution in [3.8, 4) is 0 Å². The fourth-order valence-electron chi connectivity index (χ4n) is 3.36. The van der Waals surface area contributed by atoms with Gasteiger partial charge in [0.15, 0.2) is 0 Å². The van der Waals surface area contributed by atoms with Gasteiger partial charge in [0.25, 0.3) is 0 Å². The van der Waals surface area contributed by atoms with E-state index in [0.29, 0.717) is 11.1 Å². The van der Waals surface area contributed by atoms with Crippen molar-refractivity contribution >= 4 is 23.3 Å². The number of rotatable bonds is 6. The zero-order valence-electron chi connectivity index (χ0n) is 12.6. The van der Waals surface area contributed by atoms with E-state index in [0.717, 1.165) is 24.4 Å². The van der Waals surface area contributed by atoms with E-state index in [2.05, 4.69) is 6.92 Å². The average Bonchev–Trinajstić information content (AvgIpc) is 2.47. The molecular weight excluding hydrogens is 286 g/mol. The number of carboxylic acids is 1. The van der Waals surface area contributed by atoms with E-state index in [1.807, 2.05) is 29.2 Å². The van der Waals surface area contributed by atoms with Crippen LogP contribution in [0.15, 0.2) is 24.3 Å². The van der Waals surface area contributed by atoms with Gasteiger partial charge in [-0.25, -0.2) is 0 Å². The highest BCUT2D eigenvalue weighted by Crippen LogP contribution is 2.32. The summed E-state index contributed by atoms with van der Waals surface area (Å²) < 4.78 is 0. The van der Waals surface area contributed by atoms with Crippen LogP contribution in [0.1, 0.15) is 45.4 Å². The first kappa shape index (κ1) is 16.2. The fourth-order valence-corrected chi connectivity index (χ4v) is 3.49. The quantitative estimate of drug-likeness (QED) is 0.835. The van der Waals surface area contributed by atoms with Gasteiger partial charge in [-0.3, -0.25) is 4.79 Å². The van der Waals surface area contributed by atoms with Gasteiger partial charge in [-0.05, 0) is 55.9 Å². The second-order valence-electron chi connectivity index (χ2n) is 5.96. The molecule has 116 valence electrons. The standard InChI is InChI=1S/C17H24ClNO2/c1-2-3-13-4-8-15(9-5-13)19(12-17(20)21)16-10-6-14(18)7-11-16/h6-7,10-11,13,15H,2-5,8-9,12H2,1H3,(H,20,21). The molecule has 0 atom stereocenters. The van der Waals surface area contributed by atoms with Gasteiger partial charge in [0.2, 0.25) is 0 Å². The highest BCUT2D eigenvalue weighted by molar-refractivity contribution is 6.30. The number of halogens is 1. The molecule has 0 spiro atoms. The van der Waals surface area contributed by atoms with Gasteiger partial charge >= 0.3 is 5.97 Å². The first-order valence-electron chi connectivity index (χ1n) is 7.84. The Bertz CT molecular complexity index is 452. The van der Waals surface area contributed by atoms with Crippen molar-refractivity contribution in [1.29, 1.82) is 0 Å². The van der Waals surface area contributed by atoms with Gasteiger partial charge in [0.1, 0.15) is 6.54 Å². The summed E-state index contributed by atoms with van der Waals surface area (Å²) in [6, 6.07) is 7.82. The first-order valence-corrected chi connectivity index (χ1v) is 8.22. The molecule has 0 aliphatic heterocycles. The molecule has 0 radical (unpaired) electrons. The van der Waals surface area contributed by atoms with Crippen molar-refractivity contribution in [2.24, 2.45) is 5.92 Å². The van der Waals surface area contributed by atoms with Crippen LogP contribution in [0.4, 0.5) is 5.69 Å². The minimum Gasteiger partial charge on any atom is -0.480 e. The predicted molar refractivity (Wildman–Crippen MR) is 87.1 cm³/mol. The highest BCUT2D eigenvalue weighted by atomic mass is 35.5. The summed E-state index contributed by atoms with van der Waals surface area (Å²) in [4.78, 5) is 13.2. The zero-order valence-corrected chi connectivity index (χ0v) is 13.4. The smallest absolute Gasteiger partial charge is 0.323 e. The number of aliphatic carboxylic acids is 1. The Balaban J connectivity index is 2.06. The largest absolute Gasteiger partial charge is 0.480 e. The molecule has 0 heterocycles. The molecule has 2 rings (SSSR count). The second kappa shape index (κ2) is 7.69. The number of nitrogens with zero attached hydrogens (tertiary/aromatic N) is 1. The third kappa shape index (κ3) is 4.63. The number of hydrogen-bond donors (Lipinski definition) is 1. The Labute approximate surface area is 131 Å². The third-order valence-electron chi connectivity index (χ3n) is 4.42. The Morgan fingerprint density at radius 1 is 1.24 bits per heavy atom. The molecular formula is C17H24ClNO2. The molecule has 1 aliphatic rings. The van der Waals surface area contributed by atoms with E-state index in [1.54, 1.807) is 0 Å². The van der Waals surface area contributed by atoms with Gasteiger partial charge < -0.3 is 10.0 Å². The summed E-state index contributed by atoms with van der Waals surface area (Å²) >= 11 is 5.93. The van der Waals surface area contributed by atoms with Gasteiger partial charge in [-0.2, -0.15) is 0 Å². The first-order chi connectivity index (χ1) is 10.1. The molecule has 1 aromatic carbocycles. The van der Waals surface area contributed by atoms with Crippen molar-refractivity contribution in [3.05, 3.63) is 29.3 Å². The van der Waals surface area contributed by atoms with Crippen molar-refractivity contribution in [3.63, 3.8) is 0 Å². The lowest BCUT2D eigenvalue weighted by Gasteiger charge is -2.37. The number of carboxylic acid groups (broad SMARTS) is 1. The lowest BCUT2D eigenvalue weighted by Crippen LogP contribution is -2.41. The van der Waals surface area contributed by atoms with Crippen LogP contribution >= 0.6 is 11.6 Å². The van der Waals surface area contributed by atoms with Crippen molar-refractivity contribution in [2.75, 3.05) is 11.4 Å². The minimum absolute atomic E-state index is 0.0603. The summed E-state index contributed by atoms with van der Waals surface area (Å²) in [5.41, 5.74) is 0.959. The van der Waals surface area contributed by atoms with E-state index >= 15 is 0 Å². The van der Waals surface area contributed by atoms with E-state index in [4.69, 9.17) is 11.6 Å². The Morgan fingerprint density at radius 3 is 2.38 bits per heavy atom. The number of benzene rings is 1. The average molecular weight is 310 g/mol. The number of carbonyl (C=O) groups is 1. The minimum atomic E-state index is -0.777. The summed E-state index contributed by atoms with van der Waals surface area (Å²) in [6.07, 6.45) is 7.13. The van der Waals surface area contributed by atoms with Crippen molar-refractivity contribution in [2.45, 2.75) is 51.5 Å². The van der Waals surface area contributed by atoms with Crippen LogP contribution in [-0.2, 0) is 4.79 Å². The van der Waals surface area contributed by atoms with Crippen LogP contribution in [0.25, 0.3) is 0 Å². The maximum absolute atomic E-state index is 11.2. The molecule has 21 heavy (non-hydrogen) atoms. The maximum atomic E-state index is 11.2. The number of anilines is 1. The Morgan fingerprint density at radius 2 is 1.86 bits per heavy atom. The van der Waals surface area contributed by atoms with Crippen molar-refractivity contribution < 1.29 is 9.90 Å².